The van der Waals surface area contributed by atoms with Gasteiger partial charge in [0.2, 0.25) is 0 Å². The molecule has 0 saturated carbocycles. The Hall–Kier alpha value is -7.17. The van der Waals surface area contributed by atoms with Crippen molar-refractivity contribution in [2.24, 2.45) is 4.99 Å². The number of aromatic nitrogens is 1. The van der Waals surface area contributed by atoms with Gasteiger partial charge in [-0.2, -0.15) is 0 Å². The minimum Gasteiger partial charge on any atom is -0.359 e. The second kappa shape index (κ2) is 13.3. The van der Waals surface area contributed by atoms with Crippen LogP contribution in [0.5, 0.6) is 0 Å². The summed E-state index contributed by atoms with van der Waals surface area (Å²) in [7, 11) is 0. The average Bonchev–Trinajstić information content (AvgIpc) is 3.56. The smallest absolute Gasteiger partial charge is 0.138 e. The van der Waals surface area contributed by atoms with E-state index in [1.54, 1.807) is 0 Å². The van der Waals surface area contributed by atoms with Crippen LogP contribution >= 0.6 is 0 Å². The molecule has 1 unspecified atom stereocenters. The van der Waals surface area contributed by atoms with Crippen molar-refractivity contribution in [1.29, 1.82) is 0 Å². The number of nitrogens with zero attached hydrogens (tertiary/aromatic N) is 3. The largest absolute Gasteiger partial charge is 0.359 e. The zero-order valence-electron chi connectivity index (χ0n) is 30.8. The zero-order chi connectivity index (χ0) is 37.0. The zero-order valence-corrected chi connectivity index (χ0v) is 30.8. The van der Waals surface area contributed by atoms with Crippen LogP contribution in [0.25, 0.3) is 55.2 Å². The Morgan fingerprint density at radius 1 is 0.607 bits per heavy atom. The normalized spacial score (nSPS) is 16.1. The fourth-order valence-electron chi connectivity index (χ4n) is 8.85. The van der Waals surface area contributed by atoms with Gasteiger partial charge >= 0.3 is 0 Å². The van der Waals surface area contributed by atoms with E-state index in [9.17, 15) is 0 Å². The summed E-state index contributed by atoms with van der Waals surface area (Å²) in [6.07, 6.45) is 8.84. The van der Waals surface area contributed by atoms with Gasteiger partial charge in [0.1, 0.15) is 11.7 Å². The number of benzene rings is 7. The molecule has 0 saturated heterocycles. The first-order valence-electron chi connectivity index (χ1n) is 19.5. The van der Waals surface area contributed by atoms with Gasteiger partial charge < -0.3 is 9.88 Å². The molecule has 4 nitrogen and oxygen atoms in total. The summed E-state index contributed by atoms with van der Waals surface area (Å²) in [5, 5.41) is 7.55. The van der Waals surface area contributed by atoms with Gasteiger partial charge in [0.05, 0.1) is 28.6 Å². The fraction of sp³-hybridized carbons (Fsp3) is 0.0577. The number of allylic oxidation sites excluding steroid dienone is 3. The number of fused-ring (bicyclic) bond motifs is 7. The highest BCUT2D eigenvalue weighted by atomic mass is 15.3. The minimum absolute atomic E-state index is 0.0965. The maximum absolute atomic E-state index is 5.56. The van der Waals surface area contributed by atoms with Gasteiger partial charge in [-0.25, -0.2) is 4.99 Å². The SMILES string of the molecule is C1=CC2=C(CC1)c1c(c3ccccc3n1-c1ccc3ccccc3c1)-c1ccccc1N2C1=CC(c2ccccc2)NC(c2cccc(-c3ccccc3)c2)=N1. The van der Waals surface area contributed by atoms with E-state index in [-0.39, 0.29) is 6.04 Å². The van der Waals surface area contributed by atoms with Gasteiger partial charge in [0.15, 0.2) is 0 Å². The third kappa shape index (κ3) is 5.33. The number of para-hydroxylation sites is 2. The van der Waals surface area contributed by atoms with Crippen molar-refractivity contribution in [1.82, 2.24) is 9.88 Å². The summed E-state index contributed by atoms with van der Waals surface area (Å²) in [4.78, 5) is 7.99. The lowest BCUT2D eigenvalue weighted by molar-refractivity contribution is 0.756. The first kappa shape index (κ1) is 32.3. The van der Waals surface area contributed by atoms with E-state index in [2.05, 4.69) is 209 Å². The van der Waals surface area contributed by atoms with Crippen LogP contribution in [-0.4, -0.2) is 10.4 Å². The number of hydrogen-bond donors (Lipinski definition) is 1. The highest BCUT2D eigenvalue weighted by molar-refractivity contribution is 6.09. The molecule has 1 aromatic heterocycles. The van der Waals surface area contributed by atoms with Crippen LogP contribution in [0.1, 0.15) is 35.7 Å². The molecule has 0 fully saturated rings. The van der Waals surface area contributed by atoms with E-state index in [1.807, 2.05) is 0 Å². The lowest BCUT2D eigenvalue weighted by Crippen LogP contribution is -2.35. The summed E-state index contributed by atoms with van der Waals surface area (Å²) in [6, 6.07) is 63.3. The van der Waals surface area contributed by atoms with E-state index in [0.717, 1.165) is 52.7 Å². The lowest BCUT2D eigenvalue weighted by atomic mass is 9.94. The predicted molar refractivity (Wildman–Crippen MR) is 233 cm³/mol. The number of nitrogens with one attached hydrogen (secondary N) is 1. The Kier molecular flexibility index (Phi) is 7.66. The van der Waals surface area contributed by atoms with Crippen molar-refractivity contribution in [3.05, 3.63) is 222 Å². The molecule has 0 amide bonds. The molecule has 56 heavy (non-hydrogen) atoms. The van der Waals surface area contributed by atoms with Crippen LogP contribution < -0.4 is 10.2 Å². The van der Waals surface area contributed by atoms with Gasteiger partial charge in [0.25, 0.3) is 0 Å². The molecule has 2 aliphatic heterocycles. The molecule has 3 aliphatic rings. The Labute approximate surface area is 326 Å². The monoisotopic (exact) mass is 718 g/mol. The van der Waals surface area contributed by atoms with Crippen molar-refractivity contribution in [3.63, 3.8) is 0 Å². The predicted octanol–water partition coefficient (Wildman–Crippen LogP) is 12.6. The molecule has 1 atom stereocenters. The summed E-state index contributed by atoms with van der Waals surface area (Å²) in [6.45, 7) is 0. The minimum atomic E-state index is -0.0965. The van der Waals surface area contributed by atoms with Crippen LogP contribution in [0.15, 0.2) is 211 Å². The second-order valence-electron chi connectivity index (χ2n) is 14.7. The second-order valence-corrected chi connectivity index (χ2v) is 14.7. The molecule has 0 spiro atoms. The highest BCUT2D eigenvalue weighted by Crippen LogP contribution is 2.51. The van der Waals surface area contributed by atoms with Crippen LogP contribution in [0.4, 0.5) is 5.69 Å². The van der Waals surface area contributed by atoms with Crippen LogP contribution in [0.2, 0.25) is 0 Å². The molecule has 11 rings (SSSR count). The van der Waals surface area contributed by atoms with Gasteiger partial charge in [-0.3, -0.25) is 4.90 Å². The maximum atomic E-state index is 5.56. The Morgan fingerprint density at radius 3 is 2.23 bits per heavy atom. The van der Waals surface area contributed by atoms with Crippen LogP contribution in [0, 0.1) is 0 Å². The Morgan fingerprint density at radius 2 is 1.34 bits per heavy atom. The average molecular weight is 719 g/mol. The quantitative estimate of drug-likeness (QED) is 0.192. The fourth-order valence-corrected chi connectivity index (χ4v) is 8.85. The lowest BCUT2D eigenvalue weighted by Gasteiger charge is -2.33. The summed E-state index contributed by atoms with van der Waals surface area (Å²) >= 11 is 0. The van der Waals surface area contributed by atoms with Crippen LogP contribution in [-0.2, 0) is 0 Å². The van der Waals surface area contributed by atoms with Crippen molar-refractivity contribution < 1.29 is 0 Å². The van der Waals surface area contributed by atoms with Gasteiger partial charge in [-0.15, -0.1) is 0 Å². The van der Waals surface area contributed by atoms with E-state index in [1.165, 1.54) is 55.2 Å². The molecule has 0 bridgehead atoms. The summed E-state index contributed by atoms with van der Waals surface area (Å²) < 4.78 is 2.51. The van der Waals surface area contributed by atoms with Gasteiger partial charge in [-0.1, -0.05) is 152 Å². The van der Waals surface area contributed by atoms with Crippen molar-refractivity contribution in [2.45, 2.75) is 18.9 Å². The van der Waals surface area contributed by atoms with Crippen molar-refractivity contribution in [3.8, 4) is 27.9 Å². The van der Waals surface area contributed by atoms with E-state index < -0.39 is 0 Å². The Bertz CT molecular complexity index is 2950. The van der Waals surface area contributed by atoms with E-state index >= 15 is 0 Å². The molecule has 8 aromatic rings. The van der Waals surface area contributed by atoms with Crippen LogP contribution in [0.3, 0.4) is 0 Å². The molecular weight excluding hydrogens is 681 g/mol. The molecule has 1 aliphatic carbocycles. The molecular formula is C52H38N4. The topological polar surface area (TPSA) is 32.6 Å². The molecule has 1 N–H and O–H groups in total. The molecule has 4 heteroatoms. The third-order valence-electron chi connectivity index (χ3n) is 11.4. The number of rotatable bonds is 5. The molecule has 0 radical (unpaired) electrons. The highest BCUT2D eigenvalue weighted by Gasteiger charge is 2.35. The Balaban J connectivity index is 1.17. The van der Waals surface area contributed by atoms with Crippen molar-refractivity contribution >= 4 is 38.8 Å². The molecule has 3 heterocycles. The maximum Gasteiger partial charge on any atom is 0.138 e. The first-order valence-corrected chi connectivity index (χ1v) is 19.5. The number of aliphatic imine (C=N–C) groups is 1. The van der Waals surface area contributed by atoms with Crippen molar-refractivity contribution in [2.75, 3.05) is 4.90 Å². The van der Waals surface area contributed by atoms with E-state index in [0.29, 0.717) is 0 Å². The number of hydrogen-bond acceptors (Lipinski definition) is 3. The first-order chi connectivity index (χ1) is 27.8. The summed E-state index contributed by atoms with van der Waals surface area (Å²) in [5.74, 6) is 1.75. The third-order valence-corrected chi connectivity index (χ3v) is 11.4. The molecule has 7 aromatic carbocycles. The standard InChI is InChI=1S/C52H38N4/c1-3-16-35(17-4-1)38-22-15-23-40(32-38)52-53-45(37-19-5-2-6-20-37)34-49(54-52)56-47-28-13-10-25-43(47)50-42-24-9-12-27-46(42)55(51(50)44-26-11-14-29-48(44)56)41-31-30-36-18-7-8-21-39(36)33-41/h1-10,12-25,27-34,45H,11,26H2,(H,53,54). The number of anilines is 1. The van der Waals surface area contributed by atoms with Gasteiger partial charge in [0, 0.05) is 33.3 Å². The van der Waals surface area contributed by atoms with Gasteiger partial charge in [-0.05, 0) is 82.8 Å². The number of amidine groups is 1. The summed E-state index contributed by atoms with van der Waals surface area (Å²) in [5.41, 5.74) is 14.3. The molecule has 266 valence electrons. The van der Waals surface area contributed by atoms with E-state index in [4.69, 9.17) is 4.99 Å².